The van der Waals surface area contributed by atoms with Crippen LogP contribution in [0.25, 0.3) is 10.9 Å². The van der Waals surface area contributed by atoms with Crippen LogP contribution in [-0.4, -0.2) is 23.0 Å². The lowest BCUT2D eigenvalue weighted by molar-refractivity contribution is 0.0861. The Balaban J connectivity index is 1.55. The van der Waals surface area contributed by atoms with Crippen molar-refractivity contribution in [3.63, 3.8) is 0 Å². The van der Waals surface area contributed by atoms with Crippen molar-refractivity contribution in [3.8, 4) is 5.75 Å². The zero-order valence-electron chi connectivity index (χ0n) is 20.6. The Bertz CT molecular complexity index is 1430. The van der Waals surface area contributed by atoms with Crippen LogP contribution in [0.1, 0.15) is 43.6 Å². The molecule has 36 heavy (non-hydrogen) atoms. The molecule has 0 N–H and O–H groups in total. The van der Waals surface area contributed by atoms with Crippen LogP contribution in [0, 0.1) is 18.7 Å². The Labute approximate surface area is 209 Å². The fourth-order valence-electron chi connectivity index (χ4n) is 4.97. The Morgan fingerprint density at radius 1 is 1.03 bits per heavy atom. The molecule has 1 heterocycles. The summed E-state index contributed by atoms with van der Waals surface area (Å²) in [4.78, 5) is 20.6. The molecule has 5 rings (SSSR count). The van der Waals surface area contributed by atoms with Gasteiger partial charge in [0.25, 0.3) is 5.56 Å². The van der Waals surface area contributed by atoms with Gasteiger partial charge in [0.15, 0.2) is 0 Å². The molecule has 0 bridgehead atoms. The van der Waals surface area contributed by atoms with Crippen LogP contribution in [0.2, 0.25) is 0 Å². The molecule has 0 aliphatic heterocycles. The minimum atomic E-state index is -1.38. The topological polar surface area (TPSA) is 47.4 Å². The van der Waals surface area contributed by atoms with E-state index in [0.29, 0.717) is 28.4 Å². The van der Waals surface area contributed by atoms with Crippen LogP contribution in [0.3, 0.4) is 0 Å². The highest BCUT2D eigenvalue weighted by atomic mass is 19.1. The number of anilines is 2. The first-order valence-electron chi connectivity index (χ1n) is 12.2. The molecular formula is C29H29F2N3O2. The van der Waals surface area contributed by atoms with Gasteiger partial charge in [-0.05, 0) is 85.8 Å². The van der Waals surface area contributed by atoms with Crippen LogP contribution < -0.4 is 15.2 Å². The highest BCUT2D eigenvalue weighted by Gasteiger charge is 2.32. The smallest absolute Gasteiger partial charge is 0.262 e. The second kappa shape index (κ2) is 9.72. The summed E-state index contributed by atoms with van der Waals surface area (Å²) >= 11 is 0. The number of hydrogen-bond donors (Lipinski definition) is 0. The summed E-state index contributed by atoms with van der Waals surface area (Å²) in [6.07, 6.45) is 1.79. The molecule has 0 radical (unpaired) electrons. The van der Waals surface area contributed by atoms with Gasteiger partial charge >= 0.3 is 0 Å². The Morgan fingerprint density at radius 2 is 1.69 bits per heavy atom. The summed E-state index contributed by atoms with van der Waals surface area (Å²) in [7, 11) is 1.91. The molecule has 7 heteroatoms. The fourth-order valence-corrected chi connectivity index (χ4v) is 4.97. The van der Waals surface area contributed by atoms with Crippen molar-refractivity contribution in [2.24, 2.45) is 5.92 Å². The maximum absolute atomic E-state index is 13.9. The third-order valence-corrected chi connectivity index (χ3v) is 7.06. The summed E-state index contributed by atoms with van der Waals surface area (Å²) in [6, 6.07) is 19.0. The van der Waals surface area contributed by atoms with Crippen molar-refractivity contribution in [3.05, 3.63) is 94.3 Å². The average molecular weight is 490 g/mol. The second-order valence-corrected chi connectivity index (χ2v) is 9.44. The third kappa shape index (κ3) is 4.57. The summed E-state index contributed by atoms with van der Waals surface area (Å²) in [5.41, 5.74) is 3.15. The molecule has 1 aliphatic rings. The number of rotatable bonds is 7. The van der Waals surface area contributed by atoms with Gasteiger partial charge in [0.2, 0.25) is 6.36 Å². The summed E-state index contributed by atoms with van der Waals surface area (Å²) in [5.74, 6) is 1.11. The minimum absolute atomic E-state index is 0.102. The minimum Gasteiger partial charge on any atom is -0.461 e. The zero-order chi connectivity index (χ0) is 25.4. The van der Waals surface area contributed by atoms with Crippen LogP contribution in [0.4, 0.5) is 20.2 Å². The van der Waals surface area contributed by atoms with Crippen molar-refractivity contribution < 1.29 is 13.5 Å². The molecule has 0 saturated heterocycles. The highest BCUT2D eigenvalue weighted by molar-refractivity contribution is 5.83. The molecule has 0 amide bonds. The first-order valence-corrected chi connectivity index (χ1v) is 12.2. The van der Waals surface area contributed by atoms with Crippen LogP contribution >= 0.6 is 0 Å². The van der Waals surface area contributed by atoms with E-state index in [1.807, 2.05) is 49.2 Å². The standard InChI is InChI=1S/C29H29F2N3O2/c1-18(30)36-25-14-11-23(12-15-25)33(3)24-13-16-27-26(17-24)29(35)34(19(2)32-27)28(20-5-4-6-20)21-7-9-22(31)10-8-21/h7-18,20,28H,4-6H2,1-3H3. The summed E-state index contributed by atoms with van der Waals surface area (Å²) in [5, 5.41) is 0.530. The van der Waals surface area contributed by atoms with Crippen LogP contribution in [0.15, 0.2) is 71.5 Å². The van der Waals surface area contributed by atoms with E-state index < -0.39 is 6.36 Å². The van der Waals surface area contributed by atoms with Crippen LogP contribution in [0.5, 0.6) is 5.75 Å². The van der Waals surface area contributed by atoms with E-state index in [1.54, 1.807) is 28.8 Å². The number of nitrogens with zero attached hydrogens (tertiary/aromatic N) is 3. The summed E-state index contributed by atoms with van der Waals surface area (Å²) < 4.78 is 33.7. The maximum Gasteiger partial charge on any atom is 0.262 e. The number of halogens is 2. The fraction of sp³-hybridized carbons (Fsp3) is 0.310. The molecule has 0 spiro atoms. The number of aryl methyl sites for hydroxylation is 1. The predicted molar refractivity (Wildman–Crippen MR) is 138 cm³/mol. The molecule has 3 aromatic carbocycles. The molecule has 4 aromatic rings. The molecule has 5 nitrogen and oxygen atoms in total. The monoisotopic (exact) mass is 489 g/mol. The molecule has 1 aromatic heterocycles. The molecule has 2 atom stereocenters. The Morgan fingerprint density at radius 3 is 2.31 bits per heavy atom. The Kier molecular flexibility index (Phi) is 6.48. The van der Waals surface area contributed by atoms with Gasteiger partial charge in [-0.3, -0.25) is 9.36 Å². The van der Waals surface area contributed by atoms with Gasteiger partial charge < -0.3 is 9.64 Å². The molecule has 186 valence electrons. The first kappa shape index (κ1) is 24.0. The molecule has 2 unspecified atom stereocenters. The Hall–Kier alpha value is -3.74. The van der Waals surface area contributed by atoms with E-state index >= 15 is 0 Å². The lowest BCUT2D eigenvalue weighted by Crippen LogP contribution is -2.35. The SMILES string of the molecule is Cc1nc2ccc(N(C)c3ccc(OC(C)F)cc3)cc2c(=O)n1C(c1ccc(F)cc1)C1CCC1. The van der Waals surface area contributed by atoms with Gasteiger partial charge in [-0.2, -0.15) is 0 Å². The van der Waals surface area contributed by atoms with E-state index in [2.05, 4.69) is 0 Å². The van der Waals surface area contributed by atoms with Crippen molar-refractivity contribution in [2.45, 2.75) is 45.5 Å². The zero-order valence-corrected chi connectivity index (χ0v) is 20.6. The number of hydrogen-bond acceptors (Lipinski definition) is 4. The molecule has 1 saturated carbocycles. The lowest BCUT2D eigenvalue weighted by atomic mass is 9.77. The van der Waals surface area contributed by atoms with Gasteiger partial charge in [0.1, 0.15) is 17.4 Å². The summed E-state index contributed by atoms with van der Waals surface area (Å²) in [6.45, 7) is 3.20. The van der Waals surface area contributed by atoms with Gasteiger partial charge in [-0.25, -0.2) is 13.8 Å². The van der Waals surface area contributed by atoms with E-state index in [-0.39, 0.29) is 17.4 Å². The van der Waals surface area contributed by atoms with Gasteiger partial charge in [-0.1, -0.05) is 18.6 Å². The van der Waals surface area contributed by atoms with Gasteiger partial charge in [-0.15, -0.1) is 0 Å². The number of aromatic nitrogens is 2. The van der Waals surface area contributed by atoms with Crippen molar-refractivity contribution in [1.29, 1.82) is 0 Å². The van der Waals surface area contributed by atoms with Crippen molar-refractivity contribution in [1.82, 2.24) is 9.55 Å². The number of alkyl halides is 1. The maximum atomic E-state index is 13.9. The third-order valence-electron chi connectivity index (χ3n) is 7.06. The van der Waals surface area contributed by atoms with E-state index in [9.17, 15) is 13.6 Å². The lowest BCUT2D eigenvalue weighted by Gasteiger charge is -2.36. The van der Waals surface area contributed by atoms with E-state index in [1.165, 1.54) is 19.1 Å². The predicted octanol–water partition coefficient (Wildman–Crippen LogP) is 6.70. The van der Waals surface area contributed by atoms with Crippen molar-refractivity contribution in [2.75, 3.05) is 11.9 Å². The number of ether oxygens (including phenoxy) is 1. The van der Waals surface area contributed by atoms with Crippen molar-refractivity contribution >= 4 is 22.3 Å². The quantitative estimate of drug-likeness (QED) is 0.290. The largest absolute Gasteiger partial charge is 0.461 e. The average Bonchev–Trinajstić information content (AvgIpc) is 2.82. The van der Waals surface area contributed by atoms with E-state index in [0.717, 1.165) is 36.2 Å². The molecule has 1 aliphatic carbocycles. The van der Waals surface area contributed by atoms with E-state index in [4.69, 9.17) is 9.72 Å². The number of fused-ring (bicyclic) bond motifs is 1. The molecule has 1 fully saturated rings. The first-order chi connectivity index (χ1) is 17.3. The van der Waals surface area contributed by atoms with Gasteiger partial charge in [0.05, 0.1) is 16.9 Å². The highest BCUT2D eigenvalue weighted by Crippen LogP contribution is 2.40. The second-order valence-electron chi connectivity index (χ2n) is 9.44. The van der Waals surface area contributed by atoms with Gasteiger partial charge in [0, 0.05) is 25.3 Å². The normalized spacial score (nSPS) is 15.4. The van der Waals surface area contributed by atoms with Crippen LogP contribution in [-0.2, 0) is 0 Å². The number of benzene rings is 3. The molecular weight excluding hydrogens is 460 g/mol.